The quantitative estimate of drug-likeness (QED) is 0.735. The number of likely N-dealkylation sites (N-methyl/N-ethyl adjacent to an activating group) is 1. The smallest absolute Gasteiger partial charge is 0.264 e. The van der Waals surface area contributed by atoms with Crippen molar-refractivity contribution >= 4 is 39.1 Å². The number of amides is 1. The number of carbonyl (C=O) groups is 1. The number of fused-ring (bicyclic) bond motifs is 1. The molecule has 0 aromatic heterocycles. The molecule has 0 aliphatic carbocycles. The van der Waals surface area contributed by atoms with Crippen LogP contribution in [-0.2, 0) is 4.79 Å². The predicted molar refractivity (Wildman–Crippen MR) is 62.8 cm³/mol. The van der Waals surface area contributed by atoms with Crippen molar-refractivity contribution in [1.82, 2.24) is 0 Å². The van der Waals surface area contributed by atoms with E-state index < -0.39 is 0 Å². The van der Waals surface area contributed by atoms with E-state index in [-0.39, 0.29) is 12.5 Å². The Bertz CT molecular complexity index is 448. The summed E-state index contributed by atoms with van der Waals surface area (Å²) in [6.07, 6.45) is 0. The molecule has 15 heavy (non-hydrogen) atoms. The van der Waals surface area contributed by atoms with Crippen molar-refractivity contribution in [2.24, 2.45) is 0 Å². The van der Waals surface area contributed by atoms with Crippen molar-refractivity contribution in [3.8, 4) is 5.75 Å². The minimum Gasteiger partial charge on any atom is -0.480 e. The van der Waals surface area contributed by atoms with Gasteiger partial charge in [0.2, 0.25) is 0 Å². The SMILES string of the molecule is Cc1c(Cl)cc2c(c1Br)OCC(=O)N2C. The van der Waals surface area contributed by atoms with Crippen molar-refractivity contribution in [2.45, 2.75) is 6.92 Å². The summed E-state index contributed by atoms with van der Waals surface area (Å²) in [7, 11) is 1.71. The number of carbonyl (C=O) groups excluding carboxylic acids is 1. The molecule has 80 valence electrons. The van der Waals surface area contributed by atoms with E-state index in [4.69, 9.17) is 16.3 Å². The van der Waals surface area contributed by atoms with Gasteiger partial charge >= 0.3 is 0 Å². The van der Waals surface area contributed by atoms with E-state index in [1.165, 1.54) is 0 Å². The fourth-order valence-corrected chi connectivity index (χ4v) is 2.28. The molecule has 0 atom stereocenters. The van der Waals surface area contributed by atoms with Crippen LogP contribution in [0.15, 0.2) is 10.5 Å². The molecule has 5 heteroatoms. The number of ether oxygens (including phenoxy) is 1. The zero-order valence-corrected chi connectivity index (χ0v) is 10.6. The monoisotopic (exact) mass is 289 g/mol. The lowest BCUT2D eigenvalue weighted by Gasteiger charge is -2.27. The molecule has 0 saturated heterocycles. The third kappa shape index (κ3) is 1.62. The molecule has 1 aliphatic rings. The van der Waals surface area contributed by atoms with Crippen LogP contribution in [0.2, 0.25) is 5.02 Å². The summed E-state index contributed by atoms with van der Waals surface area (Å²) in [5.41, 5.74) is 1.62. The average Bonchev–Trinajstić information content (AvgIpc) is 2.21. The minimum atomic E-state index is -0.0747. The van der Waals surface area contributed by atoms with Crippen LogP contribution in [0.4, 0.5) is 5.69 Å². The molecule has 1 amide bonds. The van der Waals surface area contributed by atoms with E-state index in [2.05, 4.69) is 15.9 Å². The van der Waals surface area contributed by atoms with Crippen LogP contribution in [0, 0.1) is 6.92 Å². The normalized spacial score (nSPS) is 14.9. The highest BCUT2D eigenvalue weighted by molar-refractivity contribution is 9.10. The van der Waals surface area contributed by atoms with E-state index in [9.17, 15) is 4.79 Å². The summed E-state index contributed by atoms with van der Waals surface area (Å²) < 4.78 is 6.19. The molecule has 1 aromatic rings. The van der Waals surface area contributed by atoms with Crippen LogP contribution in [0.3, 0.4) is 0 Å². The molecule has 0 spiro atoms. The third-order valence-corrected chi connectivity index (χ3v) is 3.81. The van der Waals surface area contributed by atoms with Crippen LogP contribution >= 0.6 is 27.5 Å². The van der Waals surface area contributed by atoms with Gasteiger partial charge in [0.25, 0.3) is 5.91 Å². The second-order valence-electron chi connectivity index (χ2n) is 3.39. The molecule has 0 radical (unpaired) electrons. The van der Waals surface area contributed by atoms with Crippen molar-refractivity contribution in [2.75, 3.05) is 18.6 Å². The molecule has 1 aromatic carbocycles. The molecule has 0 bridgehead atoms. The molecule has 3 nitrogen and oxygen atoms in total. The lowest BCUT2D eigenvalue weighted by atomic mass is 10.1. The van der Waals surface area contributed by atoms with Gasteiger partial charge in [-0.05, 0) is 34.5 Å². The van der Waals surface area contributed by atoms with Crippen LogP contribution in [-0.4, -0.2) is 19.6 Å². The first kappa shape index (κ1) is 10.8. The average molecular weight is 291 g/mol. The Morgan fingerprint density at radius 3 is 2.93 bits per heavy atom. The maximum atomic E-state index is 11.4. The van der Waals surface area contributed by atoms with Crippen molar-refractivity contribution in [3.05, 3.63) is 21.1 Å². The summed E-state index contributed by atoms with van der Waals surface area (Å²) in [6, 6.07) is 1.74. The molecule has 0 N–H and O–H groups in total. The second kappa shape index (κ2) is 3.68. The molecule has 0 unspecified atom stereocenters. The molecule has 2 rings (SSSR count). The first-order chi connectivity index (χ1) is 7.02. The summed E-state index contributed by atoms with van der Waals surface area (Å²) in [5.74, 6) is 0.605. The van der Waals surface area contributed by atoms with Gasteiger partial charge in [-0.2, -0.15) is 0 Å². The Labute approximate surface area is 101 Å². The fourth-order valence-electron chi connectivity index (χ4n) is 1.43. The number of anilines is 1. The minimum absolute atomic E-state index is 0.0726. The van der Waals surface area contributed by atoms with Crippen LogP contribution in [0.5, 0.6) is 5.75 Å². The Hall–Kier alpha value is -0.740. The first-order valence-electron chi connectivity index (χ1n) is 4.40. The number of halogens is 2. The molecule has 1 heterocycles. The third-order valence-electron chi connectivity index (χ3n) is 2.46. The van der Waals surface area contributed by atoms with Gasteiger partial charge in [-0.15, -0.1) is 0 Å². The fraction of sp³-hybridized carbons (Fsp3) is 0.300. The Kier molecular flexibility index (Phi) is 2.64. The Morgan fingerprint density at radius 1 is 1.60 bits per heavy atom. The van der Waals surface area contributed by atoms with E-state index in [1.807, 2.05) is 6.92 Å². The van der Waals surface area contributed by atoms with Crippen molar-refractivity contribution in [3.63, 3.8) is 0 Å². The Balaban J connectivity index is 2.66. The van der Waals surface area contributed by atoms with Gasteiger partial charge in [0.1, 0.15) is 0 Å². The van der Waals surface area contributed by atoms with Gasteiger partial charge in [0.15, 0.2) is 12.4 Å². The second-order valence-corrected chi connectivity index (χ2v) is 4.59. The molecule has 0 fully saturated rings. The van der Waals surface area contributed by atoms with E-state index in [0.717, 1.165) is 10.0 Å². The molecular weight excluding hydrogens is 281 g/mol. The van der Waals surface area contributed by atoms with Gasteiger partial charge < -0.3 is 9.64 Å². The molecule has 0 saturated carbocycles. The van der Waals surface area contributed by atoms with Crippen LogP contribution in [0.25, 0.3) is 0 Å². The van der Waals surface area contributed by atoms with E-state index in [0.29, 0.717) is 16.5 Å². The van der Waals surface area contributed by atoms with Crippen LogP contribution in [0.1, 0.15) is 5.56 Å². The van der Waals surface area contributed by atoms with Gasteiger partial charge in [-0.25, -0.2) is 0 Å². The standard InChI is InChI=1S/C10H9BrClNO2/c1-5-6(12)3-7-10(9(5)11)15-4-8(14)13(7)2/h3H,4H2,1-2H3. The van der Waals surface area contributed by atoms with Gasteiger partial charge in [-0.1, -0.05) is 11.6 Å². The molecular formula is C10H9BrClNO2. The molecule has 1 aliphatic heterocycles. The maximum absolute atomic E-state index is 11.4. The largest absolute Gasteiger partial charge is 0.480 e. The lowest BCUT2D eigenvalue weighted by molar-refractivity contribution is -0.121. The van der Waals surface area contributed by atoms with Crippen LogP contribution < -0.4 is 9.64 Å². The van der Waals surface area contributed by atoms with Crippen molar-refractivity contribution < 1.29 is 9.53 Å². The predicted octanol–water partition coefficient (Wildman–Crippen LogP) is 2.77. The highest BCUT2D eigenvalue weighted by Gasteiger charge is 2.26. The highest BCUT2D eigenvalue weighted by Crippen LogP contribution is 2.43. The van der Waals surface area contributed by atoms with E-state index in [1.54, 1.807) is 18.0 Å². The number of rotatable bonds is 0. The number of nitrogens with zero attached hydrogens (tertiary/aromatic N) is 1. The summed E-state index contributed by atoms with van der Waals surface area (Å²) >= 11 is 9.46. The van der Waals surface area contributed by atoms with E-state index >= 15 is 0 Å². The maximum Gasteiger partial charge on any atom is 0.264 e. The number of benzene rings is 1. The summed E-state index contributed by atoms with van der Waals surface area (Å²) in [4.78, 5) is 13.0. The Morgan fingerprint density at radius 2 is 2.27 bits per heavy atom. The summed E-state index contributed by atoms with van der Waals surface area (Å²) in [5, 5.41) is 0.616. The van der Waals surface area contributed by atoms with Crippen molar-refractivity contribution in [1.29, 1.82) is 0 Å². The van der Waals surface area contributed by atoms with Gasteiger partial charge in [-0.3, -0.25) is 4.79 Å². The number of hydrogen-bond donors (Lipinski definition) is 0. The zero-order chi connectivity index (χ0) is 11.2. The topological polar surface area (TPSA) is 29.5 Å². The highest BCUT2D eigenvalue weighted by atomic mass is 79.9. The van der Waals surface area contributed by atoms with Gasteiger partial charge in [0.05, 0.1) is 10.2 Å². The first-order valence-corrected chi connectivity index (χ1v) is 5.57. The summed E-state index contributed by atoms with van der Waals surface area (Å²) in [6.45, 7) is 1.97. The number of hydrogen-bond acceptors (Lipinski definition) is 2. The van der Waals surface area contributed by atoms with Gasteiger partial charge in [0, 0.05) is 12.1 Å². The zero-order valence-electron chi connectivity index (χ0n) is 8.30. The lowest BCUT2D eigenvalue weighted by Crippen LogP contribution is -2.35.